The highest BCUT2D eigenvalue weighted by Crippen LogP contribution is 2.28. The Morgan fingerprint density at radius 3 is 2.48 bits per heavy atom. The monoisotopic (exact) mass is 293 g/mol. The van der Waals surface area contributed by atoms with Gasteiger partial charge in [-0.2, -0.15) is 0 Å². The highest BCUT2D eigenvalue weighted by atomic mass is 16.3. The third kappa shape index (κ3) is 4.63. The molecule has 0 aromatic heterocycles. The van der Waals surface area contributed by atoms with Gasteiger partial charge in [-0.3, -0.25) is 4.79 Å². The summed E-state index contributed by atoms with van der Waals surface area (Å²) in [7, 11) is 3.44. The minimum Gasteiger partial charge on any atom is -0.399 e. The molecular weight excluding hydrogens is 266 g/mol. The number of benzene rings is 1. The largest absolute Gasteiger partial charge is 0.399 e. The molecule has 0 radical (unpaired) electrons. The van der Waals surface area contributed by atoms with E-state index in [2.05, 4.69) is 26.1 Å². The molecule has 0 aliphatic heterocycles. The zero-order valence-electron chi connectivity index (χ0n) is 13.6. The molecule has 1 amide bonds. The van der Waals surface area contributed by atoms with E-state index >= 15 is 0 Å². The number of hydrogen-bond acceptors (Lipinski definition) is 4. The van der Waals surface area contributed by atoms with Crippen molar-refractivity contribution in [2.75, 3.05) is 31.8 Å². The van der Waals surface area contributed by atoms with E-state index in [0.29, 0.717) is 23.4 Å². The summed E-state index contributed by atoms with van der Waals surface area (Å²) in [6.45, 7) is 6.38. The molecular formula is C16H27N3O2. The Morgan fingerprint density at radius 2 is 2.00 bits per heavy atom. The lowest BCUT2D eigenvalue weighted by Gasteiger charge is -2.33. The summed E-state index contributed by atoms with van der Waals surface area (Å²) in [5.41, 5.74) is 7.69. The number of amides is 1. The van der Waals surface area contributed by atoms with Crippen LogP contribution in [0.3, 0.4) is 0 Å². The standard InChI is InChI=1S/C16H27N3O2/c1-16(2,3)14(8-9-20)18-13-10-11(17)6-7-12(13)15(21)19(4)5/h6-7,10,14,18,20H,8-9,17H2,1-5H3. The quantitative estimate of drug-likeness (QED) is 0.727. The molecule has 1 aromatic carbocycles. The van der Waals surface area contributed by atoms with Crippen molar-refractivity contribution >= 4 is 17.3 Å². The second kappa shape index (κ2) is 6.80. The summed E-state index contributed by atoms with van der Waals surface area (Å²) in [6.07, 6.45) is 0.605. The fourth-order valence-corrected chi connectivity index (χ4v) is 2.15. The molecule has 0 saturated carbocycles. The molecule has 0 spiro atoms. The van der Waals surface area contributed by atoms with Gasteiger partial charge in [-0.15, -0.1) is 0 Å². The molecule has 0 bridgehead atoms. The van der Waals surface area contributed by atoms with Crippen LogP contribution >= 0.6 is 0 Å². The summed E-state index contributed by atoms with van der Waals surface area (Å²) in [6, 6.07) is 5.27. The third-order valence-electron chi connectivity index (χ3n) is 3.47. The van der Waals surface area contributed by atoms with Crippen molar-refractivity contribution in [2.45, 2.75) is 33.2 Å². The molecule has 0 fully saturated rings. The Bertz CT molecular complexity index is 493. The van der Waals surface area contributed by atoms with E-state index in [-0.39, 0.29) is 24.0 Å². The average molecular weight is 293 g/mol. The molecule has 1 unspecified atom stereocenters. The zero-order chi connectivity index (χ0) is 16.2. The van der Waals surface area contributed by atoms with Crippen LogP contribution in [0.25, 0.3) is 0 Å². The summed E-state index contributed by atoms with van der Waals surface area (Å²) in [5, 5.41) is 12.6. The summed E-state index contributed by atoms with van der Waals surface area (Å²) >= 11 is 0. The maximum absolute atomic E-state index is 12.3. The lowest BCUT2D eigenvalue weighted by molar-refractivity contribution is 0.0828. The average Bonchev–Trinajstić information content (AvgIpc) is 2.36. The Hall–Kier alpha value is -1.75. The maximum atomic E-state index is 12.3. The number of nitrogens with one attached hydrogen (secondary N) is 1. The number of carbonyl (C=O) groups is 1. The minimum absolute atomic E-state index is 0.0398. The number of anilines is 2. The number of rotatable bonds is 5. The first kappa shape index (κ1) is 17.3. The van der Waals surface area contributed by atoms with Gasteiger partial charge in [0.05, 0.1) is 5.56 Å². The van der Waals surface area contributed by atoms with E-state index in [4.69, 9.17) is 5.73 Å². The SMILES string of the molecule is CN(C)C(=O)c1ccc(N)cc1NC(CCO)C(C)(C)C. The van der Waals surface area contributed by atoms with Crippen LogP contribution in [-0.2, 0) is 0 Å². The molecule has 1 aromatic rings. The number of aliphatic hydroxyl groups is 1. The molecule has 5 nitrogen and oxygen atoms in total. The van der Waals surface area contributed by atoms with Gasteiger partial charge in [-0.1, -0.05) is 20.8 Å². The Kier molecular flexibility index (Phi) is 5.61. The molecule has 4 N–H and O–H groups in total. The van der Waals surface area contributed by atoms with Crippen molar-refractivity contribution < 1.29 is 9.90 Å². The van der Waals surface area contributed by atoms with Crippen LogP contribution in [0.1, 0.15) is 37.6 Å². The van der Waals surface area contributed by atoms with E-state index in [9.17, 15) is 9.90 Å². The molecule has 0 aliphatic rings. The summed E-state index contributed by atoms with van der Waals surface area (Å²) < 4.78 is 0. The predicted octanol–water partition coefficient (Wildman–Crippen LogP) is 2.18. The highest BCUT2D eigenvalue weighted by molar-refractivity contribution is 6.00. The van der Waals surface area contributed by atoms with Crippen LogP contribution in [0.15, 0.2) is 18.2 Å². The predicted molar refractivity (Wildman–Crippen MR) is 87.4 cm³/mol. The molecule has 5 heteroatoms. The Balaban J connectivity index is 3.16. The number of aliphatic hydroxyl groups excluding tert-OH is 1. The lowest BCUT2D eigenvalue weighted by Crippen LogP contribution is -2.36. The van der Waals surface area contributed by atoms with Crippen molar-refractivity contribution in [1.82, 2.24) is 4.90 Å². The van der Waals surface area contributed by atoms with Crippen LogP contribution in [-0.4, -0.2) is 42.7 Å². The van der Waals surface area contributed by atoms with Crippen LogP contribution in [0, 0.1) is 5.41 Å². The first-order chi connectivity index (χ1) is 9.66. The van der Waals surface area contributed by atoms with Crippen LogP contribution < -0.4 is 11.1 Å². The van der Waals surface area contributed by atoms with E-state index < -0.39 is 0 Å². The van der Waals surface area contributed by atoms with E-state index in [0.717, 1.165) is 0 Å². The third-order valence-corrected chi connectivity index (χ3v) is 3.47. The van der Waals surface area contributed by atoms with E-state index in [1.54, 1.807) is 32.3 Å². The Morgan fingerprint density at radius 1 is 1.38 bits per heavy atom. The van der Waals surface area contributed by atoms with Gasteiger partial charge in [-0.25, -0.2) is 0 Å². The molecule has 118 valence electrons. The first-order valence-corrected chi connectivity index (χ1v) is 7.15. The number of nitrogen functional groups attached to an aromatic ring is 1. The van der Waals surface area contributed by atoms with Gasteiger partial charge < -0.3 is 21.1 Å². The fourth-order valence-electron chi connectivity index (χ4n) is 2.15. The normalized spacial score (nSPS) is 12.9. The second-order valence-corrected chi connectivity index (χ2v) is 6.58. The van der Waals surface area contributed by atoms with Crippen LogP contribution in [0.4, 0.5) is 11.4 Å². The van der Waals surface area contributed by atoms with Gasteiger partial charge in [0.1, 0.15) is 0 Å². The number of carbonyl (C=O) groups excluding carboxylic acids is 1. The zero-order valence-corrected chi connectivity index (χ0v) is 13.6. The van der Waals surface area contributed by atoms with Crippen molar-refractivity contribution in [3.05, 3.63) is 23.8 Å². The molecule has 0 saturated heterocycles. The maximum Gasteiger partial charge on any atom is 0.255 e. The van der Waals surface area contributed by atoms with Gasteiger partial charge in [0, 0.05) is 38.1 Å². The highest BCUT2D eigenvalue weighted by Gasteiger charge is 2.25. The molecule has 0 heterocycles. The fraction of sp³-hybridized carbons (Fsp3) is 0.562. The first-order valence-electron chi connectivity index (χ1n) is 7.15. The van der Waals surface area contributed by atoms with Crippen LogP contribution in [0.2, 0.25) is 0 Å². The van der Waals surface area contributed by atoms with Gasteiger partial charge in [0.2, 0.25) is 0 Å². The number of hydrogen-bond donors (Lipinski definition) is 3. The van der Waals surface area contributed by atoms with E-state index in [1.807, 2.05) is 0 Å². The summed E-state index contributed by atoms with van der Waals surface area (Å²) in [5.74, 6) is -0.0749. The van der Waals surface area contributed by atoms with Crippen molar-refractivity contribution in [2.24, 2.45) is 5.41 Å². The van der Waals surface area contributed by atoms with E-state index in [1.165, 1.54) is 4.90 Å². The number of nitrogens with two attached hydrogens (primary N) is 1. The van der Waals surface area contributed by atoms with Crippen molar-refractivity contribution in [1.29, 1.82) is 0 Å². The summed E-state index contributed by atoms with van der Waals surface area (Å²) in [4.78, 5) is 13.8. The molecule has 21 heavy (non-hydrogen) atoms. The Labute approximate surface area is 127 Å². The van der Waals surface area contributed by atoms with Crippen molar-refractivity contribution in [3.8, 4) is 0 Å². The molecule has 1 atom stereocenters. The van der Waals surface area contributed by atoms with Gasteiger partial charge in [-0.05, 0) is 30.0 Å². The van der Waals surface area contributed by atoms with Crippen molar-refractivity contribution in [3.63, 3.8) is 0 Å². The van der Waals surface area contributed by atoms with Gasteiger partial charge in [0.25, 0.3) is 5.91 Å². The molecule has 1 rings (SSSR count). The second-order valence-electron chi connectivity index (χ2n) is 6.58. The van der Waals surface area contributed by atoms with Gasteiger partial charge in [0.15, 0.2) is 0 Å². The van der Waals surface area contributed by atoms with Gasteiger partial charge >= 0.3 is 0 Å². The molecule has 0 aliphatic carbocycles. The lowest BCUT2D eigenvalue weighted by atomic mass is 9.84. The van der Waals surface area contributed by atoms with Crippen LogP contribution in [0.5, 0.6) is 0 Å². The smallest absolute Gasteiger partial charge is 0.255 e. The minimum atomic E-state index is -0.0749. The topological polar surface area (TPSA) is 78.6 Å². The number of nitrogens with zero attached hydrogens (tertiary/aromatic N) is 1.